The van der Waals surface area contributed by atoms with Gasteiger partial charge in [-0.3, -0.25) is 0 Å². The second-order valence-electron chi connectivity index (χ2n) is 1.64. The standard InChI is InChI=1S/C2H2N10/c1-3-5-7-11(1)9-10-12-2-4-6-8-12/h1-2H. The van der Waals surface area contributed by atoms with Gasteiger partial charge in [0.25, 0.3) is 0 Å². The molecule has 60 valence electrons. The highest BCUT2D eigenvalue weighted by Crippen LogP contribution is 1.80. The Morgan fingerprint density at radius 3 is 1.67 bits per heavy atom. The SMILES string of the molecule is c1nnnn1N=Nn1cnnn1. The molecule has 0 aromatic carbocycles. The van der Waals surface area contributed by atoms with Crippen molar-refractivity contribution in [1.29, 1.82) is 0 Å². The van der Waals surface area contributed by atoms with Crippen LogP contribution in [0, 0.1) is 0 Å². The molecule has 0 bridgehead atoms. The molecular weight excluding hydrogens is 164 g/mol. The Balaban J connectivity index is 2.14. The van der Waals surface area contributed by atoms with E-state index >= 15 is 0 Å². The first kappa shape index (κ1) is 6.45. The molecule has 0 aliphatic heterocycles. The summed E-state index contributed by atoms with van der Waals surface area (Å²) in [4.78, 5) is 2.14. The zero-order valence-electron chi connectivity index (χ0n) is 5.63. The van der Waals surface area contributed by atoms with Gasteiger partial charge in [0, 0.05) is 0 Å². The van der Waals surface area contributed by atoms with Crippen molar-refractivity contribution in [3.05, 3.63) is 12.7 Å². The van der Waals surface area contributed by atoms with Gasteiger partial charge in [-0.25, -0.2) is 0 Å². The number of aromatic nitrogens is 8. The first-order valence-electron chi connectivity index (χ1n) is 2.83. The van der Waals surface area contributed by atoms with E-state index in [1.54, 1.807) is 0 Å². The second kappa shape index (κ2) is 2.77. The Hall–Kier alpha value is -2.26. The van der Waals surface area contributed by atoms with E-state index in [1.807, 2.05) is 0 Å². The van der Waals surface area contributed by atoms with Crippen LogP contribution in [0.15, 0.2) is 23.1 Å². The number of tetrazole rings is 2. The molecule has 0 aliphatic rings. The first-order valence-corrected chi connectivity index (χ1v) is 2.83. The number of hydrogen-bond donors (Lipinski definition) is 0. The summed E-state index contributed by atoms with van der Waals surface area (Å²) in [6.07, 6.45) is 2.57. The van der Waals surface area contributed by atoms with Gasteiger partial charge in [-0.05, 0) is 31.3 Å². The normalized spacial score (nSPS) is 11.0. The van der Waals surface area contributed by atoms with Gasteiger partial charge in [0.1, 0.15) is 0 Å². The van der Waals surface area contributed by atoms with Crippen molar-refractivity contribution < 1.29 is 0 Å². The molecule has 0 saturated carbocycles. The summed E-state index contributed by atoms with van der Waals surface area (Å²) >= 11 is 0. The molecule has 0 aliphatic carbocycles. The molecule has 0 atom stereocenters. The van der Waals surface area contributed by atoms with Crippen LogP contribution in [-0.4, -0.2) is 40.6 Å². The highest BCUT2D eigenvalue weighted by molar-refractivity contribution is 4.42. The van der Waals surface area contributed by atoms with Crippen LogP contribution in [0.25, 0.3) is 0 Å². The van der Waals surface area contributed by atoms with Crippen molar-refractivity contribution in [3.8, 4) is 0 Å². The van der Waals surface area contributed by atoms with E-state index in [0.717, 1.165) is 9.58 Å². The van der Waals surface area contributed by atoms with Crippen molar-refractivity contribution in [1.82, 2.24) is 40.6 Å². The van der Waals surface area contributed by atoms with E-state index in [1.165, 1.54) is 12.7 Å². The average Bonchev–Trinajstić information content (AvgIpc) is 2.74. The summed E-state index contributed by atoms with van der Waals surface area (Å²) in [7, 11) is 0. The summed E-state index contributed by atoms with van der Waals surface area (Å²) in [6, 6.07) is 0. The molecule has 0 unspecified atom stereocenters. The topological polar surface area (TPSA) is 112 Å². The molecule has 10 heteroatoms. The van der Waals surface area contributed by atoms with Crippen molar-refractivity contribution in [2.24, 2.45) is 10.4 Å². The van der Waals surface area contributed by atoms with E-state index < -0.39 is 0 Å². The zero-order valence-corrected chi connectivity index (χ0v) is 5.63. The average molecular weight is 166 g/mol. The van der Waals surface area contributed by atoms with Crippen molar-refractivity contribution in [2.45, 2.75) is 0 Å². The summed E-state index contributed by atoms with van der Waals surface area (Å²) in [5.41, 5.74) is 0. The monoisotopic (exact) mass is 166 g/mol. The third-order valence-electron chi connectivity index (χ3n) is 0.900. The summed E-state index contributed by atoms with van der Waals surface area (Å²) < 4.78 is 0. The molecular formula is C2H2N10. The van der Waals surface area contributed by atoms with Crippen LogP contribution in [0.5, 0.6) is 0 Å². The Morgan fingerprint density at radius 1 is 0.833 bits per heavy atom. The predicted octanol–water partition coefficient (Wildman–Crippen LogP) is -1.66. The van der Waals surface area contributed by atoms with Gasteiger partial charge in [0.2, 0.25) is 0 Å². The van der Waals surface area contributed by atoms with Crippen LogP contribution >= 0.6 is 0 Å². The molecule has 2 aromatic rings. The van der Waals surface area contributed by atoms with E-state index in [4.69, 9.17) is 0 Å². The zero-order chi connectivity index (χ0) is 8.23. The Bertz CT molecular complexity index is 305. The molecule has 2 heterocycles. The van der Waals surface area contributed by atoms with Gasteiger partial charge in [-0.2, -0.15) is 0 Å². The molecule has 10 nitrogen and oxygen atoms in total. The molecule has 0 radical (unpaired) electrons. The highest BCUT2D eigenvalue weighted by Gasteiger charge is 1.87. The summed E-state index contributed by atoms with van der Waals surface area (Å²) in [6.45, 7) is 0. The maximum Gasteiger partial charge on any atom is 0.166 e. The Morgan fingerprint density at radius 2 is 1.33 bits per heavy atom. The molecule has 2 rings (SSSR count). The number of rotatable bonds is 2. The molecule has 0 N–H and O–H groups in total. The van der Waals surface area contributed by atoms with E-state index in [9.17, 15) is 0 Å². The minimum atomic E-state index is 1.07. The van der Waals surface area contributed by atoms with Crippen LogP contribution in [-0.2, 0) is 0 Å². The van der Waals surface area contributed by atoms with Gasteiger partial charge in [-0.15, -0.1) is 10.2 Å². The second-order valence-corrected chi connectivity index (χ2v) is 1.64. The minimum absolute atomic E-state index is 1.07. The van der Waals surface area contributed by atoms with E-state index in [0.29, 0.717) is 0 Å². The Labute approximate surface area is 64.8 Å². The minimum Gasteiger partial charge on any atom is -0.115 e. The third-order valence-corrected chi connectivity index (χ3v) is 0.900. The third kappa shape index (κ3) is 1.25. The molecule has 0 spiro atoms. The molecule has 0 fully saturated rings. The lowest BCUT2D eigenvalue weighted by Gasteiger charge is -1.82. The summed E-state index contributed by atoms with van der Waals surface area (Å²) in [5, 5.41) is 27.3. The quantitative estimate of drug-likeness (QED) is 0.493. The fourth-order valence-electron chi connectivity index (χ4n) is 0.477. The lowest BCUT2D eigenvalue weighted by molar-refractivity contribution is 0.562. The number of hydrogen-bond acceptors (Lipinski definition) is 8. The maximum absolute atomic E-state index is 3.53. The summed E-state index contributed by atoms with van der Waals surface area (Å²) in [5.74, 6) is 0. The molecule has 0 saturated heterocycles. The lowest BCUT2D eigenvalue weighted by atomic mass is 11.4. The van der Waals surface area contributed by atoms with Crippen molar-refractivity contribution >= 4 is 0 Å². The van der Waals surface area contributed by atoms with Crippen LogP contribution in [0.2, 0.25) is 0 Å². The fraction of sp³-hybridized carbons (Fsp3) is 0. The highest BCUT2D eigenvalue weighted by atomic mass is 15.8. The van der Waals surface area contributed by atoms with Gasteiger partial charge in [0.15, 0.2) is 12.7 Å². The van der Waals surface area contributed by atoms with Crippen molar-refractivity contribution in [3.63, 3.8) is 0 Å². The van der Waals surface area contributed by atoms with Crippen molar-refractivity contribution in [2.75, 3.05) is 0 Å². The van der Waals surface area contributed by atoms with Gasteiger partial charge in [-0.1, -0.05) is 9.58 Å². The smallest absolute Gasteiger partial charge is 0.115 e. The first-order chi connectivity index (χ1) is 5.95. The predicted molar refractivity (Wildman–Crippen MR) is 31.3 cm³/mol. The van der Waals surface area contributed by atoms with Gasteiger partial charge < -0.3 is 0 Å². The molecule has 12 heavy (non-hydrogen) atoms. The molecule has 0 amide bonds. The van der Waals surface area contributed by atoms with Crippen LogP contribution in [0.1, 0.15) is 0 Å². The van der Waals surface area contributed by atoms with Crippen LogP contribution in [0.4, 0.5) is 0 Å². The maximum atomic E-state index is 3.53. The van der Waals surface area contributed by atoms with Gasteiger partial charge >= 0.3 is 0 Å². The van der Waals surface area contributed by atoms with Crippen LogP contribution < -0.4 is 0 Å². The molecule has 2 aromatic heterocycles. The lowest BCUT2D eigenvalue weighted by Crippen LogP contribution is -1.92. The van der Waals surface area contributed by atoms with E-state index in [2.05, 4.69) is 41.5 Å². The Kier molecular flexibility index (Phi) is 1.49. The van der Waals surface area contributed by atoms with Gasteiger partial charge in [0.05, 0.1) is 0 Å². The van der Waals surface area contributed by atoms with E-state index in [-0.39, 0.29) is 0 Å². The fourth-order valence-corrected chi connectivity index (χ4v) is 0.477. The van der Waals surface area contributed by atoms with Crippen LogP contribution in [0.3, 0.4) is 0 Å². The largest absolute Gasteiger partial charge is 0.166 e. The number of nitrogens with zero attached hydrogens (tertiary/aromatic N) is 10.